The number of benzene rings is 2. The second-order valence-electron chi connectivity index (χ2n) is 7.73. The predicted molar refractivity (Wildman–Crippen MR) is 108 cm³/mol. The molecule has 2 aromatic carbocycles. The second-order valence-corrected chi connectivity index (χ2v) is 7.73. The standard InChI is InChI=1S/C23H25NO5/c1-14(22(26)27)11-18(24-21(25)19-13-20(19)23(28)29)12-15-7-9-17(10-8-15)16-5-3-2-4-6-16/h2-10,14,18-20H,11-13H2,1H3,(H,24,25)(H,26,27)(H,28,29)/t14-,18?,19+,20+/m1/s1. The first-order chi connectivity index (χ1) is 13.8. The number of carboxylic acids is 2. The van der Waals surface area contributed by atoms with E-state index < -0.39 is 29.7 Å². The number of aliphatic carboxylic acids is 2. The molecule has 4 atom stereocenters. The summed E-state index contributed by atoms with van der Waals surface area (Å²) in [6.07, 6.45) is 1.11. The van der Waals surface area contributed by atoms with Crippen LogP contribution in [0.5, 0.6) is 0 Å². The van der Waals surface area contributed by atoms with Crippen molar-refractivity contribution in [2.45, 2.75) is 32.2 Å². The number of carbonyl (C=O) groups is 3. The van der Waals surface area contributed by atoms with Crippen LogP contribution in [-0.4, -0.2) is 34.1 Å². The van der Waals surface area contributed by atoms with Gasteiger partial charge in [-0.3, -0.25) is 14.4 Å². The van der Waals surface area contributed by atoms with Crippen LogP contribution < -0.4 is 5.32 Å². The van der Waals surface area contributed by atoms with Gasteiger partial charge in [-0.15, -0.1) is 0 Å². The molecule has 29 heavy (non-hydrogen) atoms. The Labute approximate surface area is 169 Å². The Kier molecular flexibility index (Phi) is 6.32. The maximum absolute atomic E-state index is 12.4. The van der Waals surface area contributed by atoms with Gasteiger partial charge >= 0.3 is 11.9 Å². The molecule has 0 aromatic heterocycles. The zero-order chi connectivity index (χ0) is 21.0. The van der Waals surface area contributed by atoms with Crippen LogP contribution in [-0.2, 0) is 20.8 Å². The number of carbonyl (C=O) groups excluding carboxylic acids is 1. The largest absolute Gasteiger partial charge is 0.481 e. The zero-order valence-corrected chi connectivity index (χ0v) is 16.2. The van der Waals surface area contributed by atoms with Gasteiger partial charge in [-0.1, -0.05) is 61.5 Å². The fraction of sp³-hybridized carbons (Fsp3) is 0.348. The summed E-state index contributed by atoms with van der Waals surface area (Å²) >= 11 is 0. The number of hydrogen-bond donors (Lipinski definition) is 3. The summed E-state index contributed by atoms with van der Waals surface area (Å²) in [5.41, 5.74) is 3.17. The van der Waals surface area contributed by atoms with E-state index in [1.807, 2.05) is 54.6 Å². The molecule has 0 spiro atoms. The number of nitrogens with one attached hydrogen (secondary N) is 1. The van der Waals surface area contributed by atoms with E-state index in [4.69, 9.17) is 5.11 Å². The first-order valence-corrected chi connectivity index (χ1v) is 9.75. The van der Waals surface area contributed by atoms with Crippen LogP contribution in [0.15, 0.2) is 54.6 Å². The summed E-state index contributed by atoms with van der Waals surface area (Å²) < 4.78 is 0. The van der Waals surface area contributed by atoms with Crippen molar-refractivity contribution in [3.8, 4) is 11.1 Å². The molecule has 0 aliphatic heterocycles. The van der Waals surface area contributed by atoms with Crippen LogP contribution >= 0.6 is 0 Å². The molecule has 6 nitrogen and oxygen atoms in total. The highest BCUT2D eigenvalue weighted by Gasteiger charge is 2.48. The molecule has 1 unspecified atom stereocenters. The maximum atomic E-state index is 12.4. The topological polar surface area (TPSA) is 104 Å². The summed E-state index contributed by atoms with van der Waals surface area (Å²) in [6, 6.07) is 17.6. The lowest BCUT2D eigenvalue weighted by Crippen LogP contribution is -2.40. The average Bonchev–Trinajstić information content (AvgIpc) is 3.50. The van der Waals surface area contributed by atoms with E-state index in [2.05, 4.69) is 5.32 Å². The molecule has 1 amide bonds. The molecule has 0 saturated heterocycles. The van der Waals surface area contributed by atoms with Gasteiger partial charge in [-0.05, 0) is 36.0 Å². The van der Waals surface area contributed by atoms with Crippen LogP contribution in [0.4, 0.5) is 0 Å². The minimum atomic E-state index is -0.961. The highest BCUT2D eigenvalue weighted by atomic mass is 16.4. The molecule has 1 aliphatic carbocycles. The molecule has 0 radical (unpaired) electrons. The van der Waals surface area contributed by atoms with Crippen molar-refractivity contribution in [1.82, 2.24) is 5.32 Å². The van der Waals surface area contributed by atoms with Gasteiger partial charge in [-0.25, -0.2) is 0 Å². The fourth-order valence-electron chi connectivity index (χ4n) is 3.54. The minimum absolute atomic E-state index is 0.284. The number of hydrogen-bond acceptors (Lipinski definition) is 3. The van der Waals surface area contributed by atoms with Gasteiger partial charge in [0.1, 0.15) is 0 Å². The average molecular weight is 395 g/mol. The molecule has 6 heteroatoms. The second kappa shape index (κ2) is 8.90. The van der Waals surface area contributed by atoms with Gasteiger partial charge in [-0.2, -0.15) is 0 Å². The Balaban J connectivity index is 1.68. The van der Waals surface area contributed by atoms with Gasteiger partial charge in [0.25, 0.3) is 0 Å². The molecule has 3 rings (SSSR count). The first-order valence-electron chi connectivity index (χ1n) is 9.75. The van der Waals surface area contributed by atoms with Crippen molar-refractivity contribution in [3.05, 3.63) is 60.2 Å². The van der Waals surface area contributed by atoms with E-state index in [-0.39, 0.29) is 18.4 Å². The van der Waals surface area contributed by atoms with Crippen molar-refractivity contribution >= 4 is 17.8 Å². The Bertz CT molecular complexity index is 878. The monoisotopic (exact) mass is 395 g/mol. The molecule has 152 valence electrons. The highest BCUT2D eigenvalue weighted by molar-refractivity contribution is 5.89. The molecule has 0 bridgehead atoms. The van der Waals surface area contributed by atoms with E-state index in [9.17, 15) is 19.5 Å². The third-order valence-electron chi connectivity index (χ3n) is 5.39. The van der Waals surface area contributed by atoms with E-state index in [1.165, 1.54) is 0 Å². The molecule has 1 aliphatic rings. The molecule has 3 N–H and O–H groups in total. The molecule has 1 saturated carbocycles. The van der Waals surface area contributed by atoms with Crippen molar-refractivity contribution in [2.75, 3.05) is 0 Å². The summed E-state index contributed by atoms with van der Waals surface area (Å²) in [7, 11) is 0. The quantitative estimate of drug-likeness (QED) is 0.605. The normalized spacial score (nSPS) is 19.8. The highest BCUT2D eigenvalue weighted by Crippen LogP contribution is 2.39. The van der Waals surface area contributed by atoms with Crippen LogP contribution in [0.3, 0.4) is 0 Å². The first kappa shape index (κ1) is 20.6. The Morgan fingerprint density at radius 2 is 1.59 bits per heavy atom. The predicted octanol–water partition coefficient (Wildman–Crippen LogP) is 3.21. The van der Waals surface area contributed by atoms with Crippen LogP contribution in [0, 0.1) is 17.8 Å². The SMILES string of the molecule is C[C@H](CC(Cc1ccc(-c2ccccc2)cc1)NC(=O)[C@H]1C[C@@H]1C(=O)O)C(=O)O. The summed E-state index contributed by atoms with van der Waals surface area (Å²) in [4.78, 5) is 34.7. The Hall–Kier alpha value is -3.15. The van der Waals surface area contributed by atoms with Crippen LogP contribution in [0.25, 0.3) is 11.1 Å². The Morgan fingerprint density at radius 1 is 0.966 bits per heavy atom. The smallest absolute Gasteiger partial charge is 0.307 e. The van der Waals surface area contributed by atoms with Crippen molar-refractivity contribution in [1.29, 1.82) is 0 Å². The summed E-state index contributed by atoms with van der Waals surface area (Å²) in [6.45, 7) is 1.61. The maximum Gasteiger partial charge on any atom is 0.307 e. The van der Waals surface area contributed by atoms with E-state index >= 15 is 0 Å². The van der Waals surface area contributed by atoms with Crippen molar-refractivity contribution in [3.63, 3.8) is 0 Å². The third-order valence-corrected chi connectivity index (χ3v) is 5.39. The van der Waals surface area contributed by atoms with Gasteiger partial charge in [0, 0.05) is 6.04 Å². The lowest BCUT2D eigenvalue weighted by atomic mass is 9.94. The van der Waals surface area contributed by atoms with E-state index in [0.29, 0.717) is 12.8 Å². The van der Waals surface area contributed by atoms with Crippen molar-refractivity contribution < 1.29 is 24.6 Å². The van der Waals surface area contributed by atoms with E-state index in [1.54, 1.807) is 6.92 Å². The lowest BCUT2D eigenvalue weighted by Gasteiger charge is -2.21. The fourth-order valence-corrected chi connectivity index (χ4v) is 3.54. The van der Waals surface area contributed by atoms with E-state index in [0.717, 1.165) is 16.7 Å². The third kappa shape index (κ3) is 5.44. The summed E-state index contributed by atoms with van der Waals surface area (Å²) in [5, 5.41) is 21.1. The zero-order valence-electron chi connectivity index (χ0n) is 16.2. The van der Waals surface area contributed by atoms with Crippen LogP contribution in [0.1, 0.15) is 25.3 Å². The van der Waals surface area contributed by atoms with Crippen molar-refractivity contribution in [2.24, 2.45) is 17.8 Å². The Morgan fingerprint density at radius 3 is 2.14 bits per heavy atom. The minimum Gasteiger partial charge on any atom is -0.481 e. The molecule has 1 fully saturated rings. The molecular formula is C23H25NO5. The molecule has 2 aromatic rings. The summed E-state index contributed by atoms with van der Waals surface area (Å²) in [5.74, 6) is -3.94. The van der Waals surface area contributed by atoms with Gasteiger partial charge < -0.3 is 15.5 Å². The molecular weight excluding hydrogens is 370 g/mol. The molecule has 0 heterocycles. The number of rotatable bonds is 9. The van der Waals surface area contributed by atoms with Gasteiger partial charge in [0.05, 0.1) is 17.8 Å². The van der Waals surface area contributed by atoms with Gasteiger partial charge in [0.2, 0.25) is 5.91 Å². The van der Waals surface area contributed by atoms with Gasteiger partial charge in [0.15, 0.2) is 0 Å². The number of amides is 1. The lowest BCUT2D eigenvalue weighted by molar-refractivity contribution is -0.141. The van der Waals surface area contributed by atoms with Crippen LogP contribution in [0.2, 0.25) is 0 Å². The number of carboxylic acid groups (broad SMARTS) is 2.